The zero-order valence-corrected chi connectivity index (χ0v) is 19.9. The smallest absolute Gasteiger partial charge is 0.443 e. The van der Waals surface area contributed by atoms with E-state index in [-0.39, 0.29) is 37.6 Å². The van der Waals surface area contributed by atoms with Gasteiger partial charge in [0.2, 0.25) is 5.91 Å². The van der Waals surface area contributed by atoms with E-state index in [4.69, 9.17) is 14.2 Å². The number of nitro groups is 1. The standard InChI is InChI=1S/C26H22FN3O8/c27-20-8-6-18(7-9-20)14-24(31)28-15-23(16-29(28)25(32)36-17-19-4-2-1-3-5-19)38-26(33)37-22-12-10-21(11-13-22)30(34)35/h1-13,23H,14-17H2. The minimum absolute atomic E-state index is 0.0157. The van der Waals surface area contributed by atoms with E-state index in [0.29, 0.717) is 5.56 Å². The largest absolute Gasteiger partial charge is 0.514 e. The summed E-state index contributed by atoms with van der Waals surface area (Å²) in [5, 5.41) is 12.9. The molecule has 0 aromatic heterocycles. The quantitative estimate of drug-likeness (QED) is 0.195. The second kappa shape index (κ2) is 11.8. The maximum atomic E-state index is 13.2. The lowest BCUT2D eigenvalue weighted by Gasteiger charge is -2.26. The number of amides is 2. The predicted molar refractivity (Wildman–Crippen MR) is 129 cm³/mol. The first kappa shape index (κ1) is 26.1. The Morgan fingerprint density at radius 2 is 1.55 bits per heavy atom. The molecule has 3 aromatic carbocycles. The molecule has 1 aliphatic rings. The molecule has 1 saturated heterocycles. The summed E-state index contributed by atoms with van der Waals surface area (Å²) in [6, 6.07) is 19.1. The van der Waals surface area contributed by atoms with Gasteiger partial charge in [0.15, 0.2) is 0 Å². The summed E-state index contributed by atoms with van der Waals surface area (Å²) in [6.07, 6.45) is -3.02. The summed E-state index contributed by atoms with van der Waals surface area (Å²) >= 11 is 0. The topological polar surface area (TPSA) is 129 Å². The maximum Gasteiger partial charge on any atom is 0.514 e. The molecule has 3 aromatic rings. The van der Waals surface area contributed by atoms with Crippen LogP contribution in [-0.4, -0.2) is 52.3 Å². The Hall–Kier alpha value is -5.00. The fourth-order valence-corrected chi connectivity index (χ4v) is 3.68. The Kier molecular flexibility index (Phi) is 8.11. The summed E-state index contributed by atoms with van der Waals surface area (Å²) in [5.41, 5.74) is 1.08. The Morgan fingerprint density at radius 1 is 0.895 bits per heavy atom. The van der Waals surface area contributed by atoms with Crippen LogP contribution in [0.15, 0.2) is 78.9 Å². The lowest BCUT2D eigenvalue weighted by Crippen LogP contribution is -2.45. The van der Waals surface area contributed by atoms with Crippen molar-refractivity contribution in [3.63, 3.8) is 0 Å². The minimum Gasteiger partial charge on any atom is -0.443 e. The van der Waals surface area contributed by atoms with Crippen LogP contribution in [0.25, 0.3) is 0 Å². The SMILES string of the molecule is O=C(Oc1ccc([N+](=O)[O-])cc1)OC1CN(C(=O)Cc2ccc(F)cc2)N(C(=O)OCc2ccccc2)C1. The van der Waals surface area contributed by atoms with Crippen molar-refractivity contribution in [2.45, 2.75) is 19.1 Å². The van der Waals surface area contributed by atoms with Crippen LogP contribution in [0.4, 0.5) is 19.7 Å². The van der Waals surface area contributed by atoms with Gasteiger partial charge in [0.05, 0.1) is 24.4 Å². The molecule has 0 saturated carbocycles. The Labute approximate surface area is 216 Å². The van der Waals surface area contributed by atoms with Crippen LogP contribution in [0.5, 0.6) is 5.75 Å². The van der Waals surface area contributed by atoms with Crippen LogP contribution in [0.3, 0.4) is 0 Å². The first-order chi connectivity index (χ1) is 18.3. The van der Waals surface area contributed by atoms with E-state index in [1.54, 1.807) is 24.3 Å². The molecule has 0 bridgehead atoms. The number of nitro benzene ring substituents is 1. The minimum atomic E-state index is -1.12. The van der Waals surface area contributed by atoms with E-state index in [1.807, 2.05) is 6.07 Å². The molecule has 11 nitrogen and oxygen atoms in total. The fraction of sp³-hybridized carbons (Fsp3) is 0.192. The van der Waals surface area contributed by atoms with E-state index < -0.39 is 35.0 Å². The summed E-state index contributed by atoms with van der Waals surface area (Å²) in [7, 11) is 0. The van der Waals surface area contributed by atoms with E-state index in [0.717, 1.165) is 15.6 Å². The number of carbonyl (C=O) groups excluding carboxylic acids is 3. The molecule has 2 amide bonds. The monoisotopic (exact) mass is 523 g/mol. The molecule has 1 unspecified atom stereocenters. The van der Waals surface area contributed by atoms with Gasteiger partial charge in [0, 0.05) is 12.1 Å². The molecule has 1 heterocycles. The summed E-state index contributed by atoms with van der Waals surface area (Å²) in [4.78, 5) is 48.4. The molecular formula is C26H22FN3O8. The van der Waals surface area contributed by atoms with Gasteiger partial charge in [0.25, 0.3) is 5.69 Å². The van der Waals surface area contributed by atoms with Crippen LogP contribution in [0, 0.1) is 15.9 Å². The number of hydrogen-bond acceptors (Lipinski definition) is 8. The van der Waals surface area contributed by atoms with Crippen molar-refractivity contribution in [1.29, 1.82) is 0 Å². The van der Waals surface area contributed by atoms with Gasteiger partial charge in [-0.1, -0.05) is 42.5 Å². The molecular weight excluding hydrogens is 501 g/mol. The van der Waals surface area contributed by atoms with Crippen molar-refractivity contribution in [2.75, 3.05) is 13.1 Å². The van der Waals surface area contributed by atoms with E-state index in [2.05, 4.69) is 0 Å². The van der Waals surface area contributed by atoms with Gasteiger partial charge in [0.1, 0.15) is 24.3 Å². The molecule has 38 heavy (non-hydrogen) atoms. The van der Waals surface area contributed by atoms with Gasteiger partial charge in [-0.15, -0.1) is 0 Å². The van der Waals surface area contributed by atoms with Crippen molar-refractivity contribution in [2.24, 2.45) is 0 Å². The summed E-state index contributed by atoms with van der Waals surface area (Å²) in [5.74, 6) is -0.932. The fourth-order valence-electron chi connectivity index (χ4n) is 3.68. The first-order valence-electron chi connectivity index (χ1n) is 11.4. The Balaban J connectivity index is 1.42. The van der Waals surface area contributed by atoms with Gasteiger partial charge in [-0.25, -0.2) is 24.0 Å². The Morgan fingerprint density at radius 3 is 2.21 bits per heavy atom. The number of non-ortho nitro benzene ring substituents is 1. The van der Waals surface area contributed by atoms with Gasteiger partial charge >= 0.3 is 12.2 Å². The molecule has 196 valence electrons. The number of hydrogen-bond donors (Lipinski definition) is 0. The molecule has 0 N–H and O–H groups in total. The predicted octanol–water partition coefficient (Wildman–Crippen LogP) is 4.26. The molecule has 12 heteroatoms. The van der Waals surface area contributed by atoms with Crippen LogP contribution in [-0.2, 0) is 27.3 Å². The number of hydrazine groups is 1. The van der Waals surface area contributed by atoms with Gasteiger partial charge in [-0.3, -0.25) is 14.9 Å². The zero-order valence-electron chi connectivity index (χ0n) is 19.9. The third kappa shape index (κ3) is 6.81. The Bertz CT molecular complexity index is 1300. The van der Waals surface area contributed by atoms with E-state index >= 15 is 0 Å². The maximum absolute atomic E-state index is 13.2. The molecule has 0 aliphatic carbocycles. The second-order valence-corrected chi connectivity index (χ2v) is 8.24. The lowest BCUT2D eigenvalue weighted by atomic mass is 10.1. The van der Waals surface area contributed by atoms with E-state index in [1.165, 1.54) is 48.5 Å². The average molecular weight is 523 g/mol. The third-order valence-corrected chi connectivity index (χ3v) is 5.53. The number of nitrogens with zero attached hydrogens (tertiary/aromatic N) is 3. The number of ether oxygens (including phenoxy) is 3. The van der Waals surface area contributed by atoms with Crippen LogP contribution >= 0.6 is 0 Å². The number of rotatable bonds is 7. The summed E-state index contributed by atoms with van der Waals surface area (Å²) in [6.45, 7) is -0.377. The van der Waals surface area contributed by atoms with Gasteiger partial charge < -0.3 is 14.2 Å². The van der Waals surface area contributed by atoms with Crippen LogP contribution in [0.2, 0.25) is 0 Å². The molecule has 4 rings (SSSR count). The van der Waals surface area contributed by atoms with Crippen LogP contribution in [0.1, 0.15) is 11.1 Å². The first-order valence-corrected chi connectivity index (χ1v) is 11.4. The second-order valence-electron chi connectivity index (χ2n) is 8.24. The number of carbonyl (C=O) groups is 3. The average Bonchev–Trinajstić information content (AvgIpc) is 3.33. The third-order valence-electron chi connectivity index (χ3n) is 5.53. The van der Waals surface area contributed by atoms with Gasteiger partial charge in [-0.2, -0.15) is 0 Å². The highest BCUT2D eigenvalue weighted by atomic mass is 19.1. The van der Waals surface area contributed by atoms with Crippen molar-refractivity contribution in [1.82, 2.24) is 10.0 Å². The van der Waals surface area contributed by atoms with Crippen molar-refractivity contribution in [3.05, 3.63) is 106 Å². The highest BCUT2D eigenvalue weighted by Crippen LogP contribution is 2.21. The highest BCUT2D eigenvalue weighted by Gasteiger charge is 2.40. The van der Waals surface area contributed by atoms with Crippen molar-refractivity contribution in [3.8, 4) is 5.75 Å². The number of halogens is 1. The normalized spacial score (nSPS) is 14.6. The summed E-state index contributed by atoms with van der Waals surface area (Å²) < 4.78 is 29.0. The highest BCUT2D eigenvalue weighted by molar-refractivity contribution is 5.82. The molecule has 0 spiro atoms. The van der Waals surface area contributed by atoms with Crippen molar-refractivity contribution < 1.29 is 37.9 Å². The molecule has 0 radical (unpaired) electrons. The molecule has 1 atom stereocenters. The van der Waals surface area contributed by atoms with Crippen LogP contribution < -0.4 is 4.74 Å². The molecule has 1 fully saturated rings. The lowest BCUT2D eigenvalue weighted by molar-refractivity contribution is -0.384. The van der Waals surface area contributed by atoms with Crippen molar-refractivity contribution >= 4 is 23.8 Å². The zero-order chi connectivity index (χ0) is 27.1. The number of benzene rings is 3. The van der Waals surface area contributed by atoms with E-state index in [9.17, 15) is 28.9 Å². The van der Waals surface area contributed by atoms with Gasteiger partial charge in [-0.05, 0) is 35.4 Å². The molecule has 1 aliphatic heterocycles.